The van der Waals surface area contributed by atoms with Gasteiger partial charge in [0.25, 0.3) is 0 Å². The molecule has 2 aromatic carbocycles. The summed E-state index contributed by atoms with van der Waals surface area (Å²) in [4.78, 5) is 16.8. The second-order valence-corrected chi connectivity index (χ2v) is 7.60. The number of benzene rings is 2. The van der Waals surface area contributed by atoms with E-state index in [-0.39, 0.29) is 11.2 Å². The van der Waals surface area contributed by atoms with Crippen molar-refractivity contribution in [3.8, 4) is 0 Å². The van der Waals surface area contributed by atoms with Crippen LogP contribution in [0.5, 0.6) is 0 Å². The number of nitrogens with zero attached hydrogens (tertiary/aromatic N) is 1. The highest BCUT2D eigenvalue weighted by atomic mass is 32.2. The van der Waals surface area contributed by atoms with E-state index in [1.54, 1.807) is 0 Å². The first kappa shape index (κ1) is 16.8. The molecule has 0 aromatic heterocycles. The Balaban J connectivity index is 1.74. The highest BCUT2D eigenvalue weighted by molar-refractivity contribution is 8.15. The van der Waals surface area contributed by atoms with Crippen molar-refractivity contribution in [3.05, 3.63) is 64.2 Å². The average Bonchev–Trinajstić information content (AvgIpc) is 2.86. The van der Waals surface area contributed by atoms with E-state index in [0.717, 1.165) is 12.1 Å². The summed E-state index contributed by atoms with van der Waals surface area (Å²) in [7, 11) is 0. The molecule has 0 bridgehead atoms. The zero-order chi connectivity index (χ0) is 17.3. The highest BCUT2D eigenvalue weighted by Gasteiger charge is 2.30. The lowest BCUT2D eigenvalue weighted by Crippen LogP contribution is -2.26. The quantitative estimate of drug-likeness (QED) is 0.902. The Morgan fingerprint density at radius 1 is 0.958 bits per heavy atom. The van der Waals surface area contributed by atoms with Crippen LogP contribution in [0.15, 0.2) is 41.4 Å². The van der Waals surface area contributed by atoms with Crippen LogP contribution >= 0.6 is 11.8 Å². The molecule has 1 fully saturated rings. The monoisotopic (exact) mass is 338 g/mol. The molecule has 3 rings (SSSR count). The predicted molar refractivity (Wildman–Crippen MR) is 102 cm³/mol. The minimum Gasteiger partial charge on any atom is -0.304 e. The lowest BCUT2D eigenvalue weighted by Gasteiger charge is -2.08. The summed E-state index contributed by atoms with van der Waals surface area (Å²) >= 11 is 1.52. The van der Waals surface area contributed by atoms with E-state index in [1.807, 2.05) is 12.1 Å². The van der Waals surface area contributed by atoms with Gasteiger partial charge in [-0.15, -0.1) is 0 Å². The molecule has 1 N–H and O–H groups in total. The maximum Gasteiger partial charge on any atom is 0.239 e. The minimum atomic E-state index is -0.114. The third-order valence-electron chi connectivity index (χ3n) is 4.49. The molecule has 0 radical (unpaired) electrons. The largest absolute Gasteiger partial charge is 0.304 e. The number of carbonyl (C=O) groups excluding carboxylic acids is 1. The van der Waals surface area contributed by atoms with Crippen LogP contribution in [-0.4, -0.2) is 16.3 Å². The zero-order valence-electron chi connectivity index (χ0n) is 14.5. The van der Waals surface area contributed by atoms with E-state index in [9.17, 15) is 4.79 Å². The minimum absolute atomic E-state index is 0.0424. The fourth-order valence-electron chi connectivity index (χ4n) is 2.65. The standard InChI is InChI=1S/C20H22N2OS/c1-12-5-7-16(9-14(12)3)11-18-19(23)22-20(24-18)21-17-8-6-13(2)15(4)10-17/h5-10,18H,11H2,1-4H3,(H,21,22,23). The van der Waals surface area contributed by atoms with E-state index >= 15 is 0 Å². The van der Waals surface area contributed by atoms with Crippen LogP contribution in [0.3, 0.4) is 0 Å². The van der Waals surface area contributed by atoms with Crippen molar-refractivity contribution < 1.29 is 4.79 Å². The number of hydrogen-bond acceptors (Lipinski definition) is 3. The van der Waals surface area contributed by atoms with Gasteiger partial charge in [-0.05, 0) is 74.1 Å². The summed E-state index contributed by atoms with van der Waals surface area (Å²) < 4.78 is 0. The number of aryl methyl sites for hydroxylation is 4. The van der Waals surface area contributed by atoms with Crippen LogP contribution in [0, 0.1) is 27.7 Å². The normalized spacial score (nSPS) is 18.9. The number of carbonyl (C=O) groups is 1. The molecule has 2 aromatic rings. The van der Waals surface area contributed by atoms with Gasteiger partial charge in [0.15, 0.2) is 5.17 Å². The second-order valence-electron chi connectivity index (χ2n) is 6.40. The molecular formula is C20H22N2OS. The van der Waals surface area contributed by atoms with Gasteiger partial charge in [0.2, 0.25) is 5.91 Å². The van der Waals surface area contributed by atoms with Gasteiger partial charge in [-0.1, -0.05) is 36.0 Å². The van der Waals surface area contributed by atoms with Crippen LogP contribution in [0.4, 0.5) is 5.69 Å². The Morgan fingerprint density at radius 2 is 1.62 bits per heavy atom. The van der Waals surface area contributed by atoms with Gasteiger partial charge in [-0.3, -0.25) is 4.79 Å². The number of amidine groups is 1. The van der Waals surface area contributed by atoms with E-state index in [2.05, 4.69) is 62.3 Å². The molecule has 24 heavy (non-hydrogen) atoms. The van der Waals surface area contributed by atoms with E-state index in [4.69, 9.17) is 0 Å². The average molecular weight is 338 g/mol. The predicted octanol–water partition coefficient (Wildman–Crippen LogP) is 4.38. The van der Waals surface area contributed by atoms with Crippen molar-refractivity contribution >= 4 is 28.5 Å². The van der Waals surface area contributed by atoms with Gasteiger partial charge in [-0.2, -0.15) is 0 Å². The number of thioether (sulfide) groups is 1. The Labute approximate surface area is 147 Å². The first-order valence-electron chi connectivity index (χ1n) is 8.12. The SMILES string of the molecule is Cc1ccc(CC2SC(=Nc3ccc(C)c(C)c3)NC2=O)cc1C. The Morgan fingerprint density at radius 3 is 2.29 bits per heavy atom. The molecule has 124 valence electrons. The number of aliphatic imine (C=N–C) groups is 1. The molecule has 1 saturated heterocycles. The second kappa shape index (κ2) is 6.81. The van der Waals surface area contributed by atoms with Crippen LogP contribution in [0.1, 0.15) is 27.8 Å². The Bertz CT molecular complexity index is 826. The lowest BCUT2D eigenvalue weighted by molar-refractivity contribution is -0.118. The van der Waals surface area contributed by atoms with Crippen molar-refractivity contribution in [2.24, 2.45) is 4.99 Å². The van der Waals surface area contributed by atoms with Crippen molar-refractivity contribution in [2.45, 2.75) is 39.4 Å². The van der Waals surface area contributed by atoms with Crippen LogP contribution in [0.25, 0.3) is 0 Å². The molecule has 0 aliphatic carbocycles. The van der Waals surface area contributed by atoms with Crippen molar-refractivity contribution in [2.75, 3.05) is 0 Å². The molecule has 1 aliphatic rings. The molecule has 4 heteroatoms. The third kappa shape index (κ3) is 3.70. The molecular weight excluding hydrogens is 316 g/mol. The number of amides is 1. The van der Waals surface area contributed by atoms with E-state index in [0.29, 0.717) is 5.17 Å². The van der Waals surface area contributed by atoms with Gasteiger partial charge in [0, 0.05) is 0 Å². The first-order valence-corrected chi connectivity index (χ1v) is 9.00. The lowest BCUT2D eigenvalue weighted by atomic mass is 10.0. The molecule has 1 amide bonds. The van der Waals surface area contributed by atoms with E-state index < -0.39 is 0 Å². The molecule has 1 heterocycles. The summed E-state index contributed by atoms with van der Waals surface area (Å²) in [6.07, 6.45) is 0.726. The van der Waals surface area contributed by atoms with Crippen molar-refractivity contribution in [3.63, 3.8) is 0 Å². The topological polar surface area (TPSA) is 41.5 Å². The summed E-state index contributed by atoms with van der Waals surface area (Å²) in [5.74, 6) is 0.0424. The fraction of sp³-hybridized carbons (Fsp3) is 0.300. The van der Waals surface area contributed by atoms with E-state index in [1.165, 1.54) is 39.6 Å². The summed E-state index contributed by atoms with van der Waals surface area (Å²) in [6.45, 7) is 8.36. The molecule has 0 saturated carbocycles. The molecule has 1 aliphatic heterocycles. The van der Waals surface area contributed by atoms with Gasteiger partial charge in [0.1, 0.15) is 0 Å². The summed E-state index contributed by atoms with van der Waals surface area (Å²) in [5.41, 5.74) is 7.07. The number of nitrogens with one attached hydrogen (secondary N) is 1. The van der Waals surface area contributed by atoms with Crippen molar-refractivity contribution in [1.82, 2.24) is 5.32 Å². The first-order chi connectivity index (χ1) is 11.4. The highest BCUT2D eigenvalue weighted by Crippen LogP contribution is 2.27. The van der Waals surface area contributed by atoms with Crippen LogP contribution in [-0.2, 0) is 11.2 Å². The maximum atomic E-state index is 12.2. The Kier molecular flexibility index (Phi) is 4.76. The Hall–Kier alpha value is -2.07. The summed E-state index contributed by atoms with van der Waals surface area (Å²) in [5, 5.41) is 3.49. The summed E-state index contributed by atoms with van der Waals surface area (Å²) in [6, 6.07) is 12.5. The van der Waals surface area contributed by atoms with Crippen molar-refractivity contribution in [1.29, 1.82) is 0 Å². The van der Waals surface area contributed by atoms with Gasteiger partial charge in [0.05, 0.1) is 10.9 Å². The molecule has 1 unspecified atom stereocenters. The smallest absolute Gasteiger partial charge is 0.239 e. The zero-order valence-corrected chi connectivity index (χ0v) is 15.3. The van der Waals surface area contributed by atoms with Gasteiger partial charge >= 0.3 is 0 Å². The molecule has 1 atom stereocenters. The molecule has 3 nitrogen and oxygen atoms in total. The van der Waals surface area contributed by atoms with Crippen LogP contribution < -0.4 is 5.32 Å². The number of hydrogen-bond donors (Lipinski definition) is 1. The fourth-order valence-corrected chi connectivity index (χ4v) is 3.68. The molecule has 0 spiro atoms. The van der Waals surface area contributed by atoms with Gasteiger partial charge < -0.3 is 5.32 Å². The maximum absolute atomic E-state index is 12.2. The number of rotatable bonds is 3. The third-order valence-corrected chi connectivity index (χ3v) is 5.57. The van der Waals surface area contributed by atoms with Gasteiger partial charge in [-0.25, -0.2) is 4.99 Å². The van der Waals surface area contributed by atoms with Crippen LogP contribution in [0.2, 0.25) is 0 Å².